The van der Waals surface area contributed by atoms with Gasteiger partial charge in [-0.15, -0.1) is 0 Å². The quantitative estimate of drug-likeness (QED) is 0.0667. The van der Waals surface area contributed by atoms with Gasteiger partial charge in [0.2, 0.25) is 0 Å². The number of benzene rings is 6. The molecule has 0 atom stereocenters. The van der Waals surface area contributed by atoms with E-state index in [1.807, 2.05) is 24.3 Å². The number of carbonyl (C=O) groups excluding carboxylic acids is 2. The Hall–Kier alpha value is -4.92. The van der Waals surface area contributed by atoms with Crippen LogP contribution in [0.3, 0.4) is 0 Å². The number of hydrogen-bond donors (Lipinski definition) is 2. The molecule has 0 saturated carbocycles. The molecule has 0 bridgehead atoms. The summed E-state index contributed by atoms with van der Waals surface area (Å²) in [5.41, 5.74) is 6.72. The number of hydrogen-bond acceptors (Lipinski definition) is 8. The molecule has 0 aromatic heterocycles. The SMILES string of the molecule is O=C(CCS)OCCOc1ccc2cc(C3(c4ccc5cc(OCCOC(=O)CCS)ccc5c4)c4ccccc4-c4ccccc43)ccc2c1. The first-order chi connectivity index (χ1) is 25.0. The summed E-state index contributed by atoms with van der Waals surface area (Å²) < 4.78 is 22.3. The van der Waals surface area contributed by atoms with Gasteiger partial charge in [-0.3, -0.25) is 9.59 Å². The van der Waals surface area contributed by atoms with Crippen LogP contribution in [0.1, 0.15) is 35.1 Å². The highest BCUT2D eigenvalue weighted by molar-refractivity contribution is 7.80. The molecule has 7 rings (SSSR count). The second kappa shape index (κ2) is 15.5. The minimum absolute atomic E-state index is 0.194. The summed E-state index contributed by atoms with van der Waals surface area (Å²) in [5.74, 6) is 1.82. The van der Waals surface area contributed by atoms with E-state index in [2.05, 4.69) is 122 Å². The van der Waals surface area contributed by atoms with Gasteiger partial charge >= 0.3 is 11.9 Å². The molecule has 0 N–H and O–H groups in total. The zero-order valence-corrected chi connectivity index (χ0v) is 29.8. The van der Waals surface area contributed by atoms with Crippen LogP contribution >= 0.6 is 25.3 Å². The summed E-state index contributed by atoms with van der Waals surface area (Å²) in [4.78, 5) is 23.3. The molecule has 1 aliphatic rings. The Labute approximate surface area is 308 Å². The van der Waals surface area contributed by atoms with Crippen molar-refractivity contribution in [3.63, 3.8) is 0 Å². The normalized spacial score (nSPS) is 12.7. The number of esters is 2. The van der Waals surface area contributed by atoms with Crippen molar-refractivity contribution in [2.24, 2.45) is 0 Å². The van der Waals surface area contributed by atoms with E-state index in [4.69, 9.17) is 18.9 Å². The molecule has 0 saturated heterocycles. The maximum atomic E-state index is 11.7. The monoisotopic (exact) mass is 714 g/mol. The Morgan fingerprint density at radius 1 is 0.490 bits per heavy atom. The van der Waals surface area contributed by atoms with Crippen LogP contribution in [0.15, 0.2) is 121 Å². The van der Waals surface area contributed by atoms with Crippen molar-refractivity contribution >= 4 is 58.7 Å². The molecule has 0 radical (unpaired) electrons. The van der Waals surface area contributed by atoms with Gasteiger partial charge in [-0.05, 0) is 91.3 Å². The van der Waals surface area contributed by atoms with Gasteiger partial charge in [0.05, 0.1) is 18.3 Å². The topological polar surface area (TPSA) is 71.1 Å². The van der Waals surface area contributed by atoms with E-state index >= 15 is 0 Å². The maximum Gasteiger partial charge on any atom is 0.306 e. The third kappa shape index (κ3) is 7.03. The second-order valence-electron chi connectivity index (χ2n) is 12.4. The zero-order valence-electron chi connectivity index (χ0n) is 28.0. The average Bonchev–Trinajstić information content (AvgIpc) is 3.46. The second-order valence-corrected chi connectivity index (χ2v) is 13.3. The molecule has 0 heterocycles. The van der Waals surface area contributed by atoms with E-state index in [0.29, 0.717) is 11.5 Å². The Kier molecular flexibility index (Phi) is 10.5. The fourth-order valence-electron chi connectivity index (χ4n) is 7.07. The summed E-state index contributed by atoms with van der Waals surface area (Å²) in [6.07, 6.45) is 0.567. The third-order valence-corrected chi connectivity index (χ3v) is 9.75. The van der Waals surface area contributed by atoms with Crippen LogP contribution in [0, 0.1) is 0 Å². The fraction of sp³-hybridized carbons (Fsp3) is 0.209. The predicted octanol–water partition coefficient (Wildman–Crippen LogP) is 8.84. The van der Waals surface area contributed by atoms with E-state index in [1.165, 1.54) is 33.4 Å². The van der Waals surface area contributed by atoms with E-state index in [1.54, 1.807) is 0 Å². The van der Waals surface area contributed by atoms with Crippen LogP contribution in [0.2, 0.25) is 0 Å². The minimum Gasteiger partial charge on any atom is -0.490 e. The van der Waals surface area contributed by atoms with Crippen LogP contribution in [-0.4, -0.2) is 49.9 Å². The molecular weight excluding hydrogens is 677 g/mol. The largest absolute Gasteiger partial charge is 0.490 e. The molecule has 6 aromatic carbocycles. The third-order valence-electron chi connectivity index (χ3n) is 9.30. The summed E-state index contributed by atoms with van der Waals surface area (Å²) in [6.45, 7) is 0.943. The van der Waals surface area contributed by atoms with Gasteiger partial charge in [0, 0.05) is 11.5 Å². The Morgan fingerprint density at radius 2 is 0.902 bits per heavy atom. The summed E-state index contributed by atoms with van der Waals surface area (Å²) in [6, 6.07) is 42.9. The van der Waals surface area contributed by atoms with Crippen LogP contribution in [0.5, 0.6) is 11.5 Å². The summed E-state index contributed by atoms with van der Waals surface area (Å²) in [7, 11) is 0. The van der Waals surface area contributed by atoms with Crippen molar-refractivity contribution < 1.29 is 28.5 Å². The first-order valence-corrected chi connectivity index (χ1v) is 18.3. The van der Waals surface area contributed by atoms with Crippen LogP contribution in [-0.2, 0) is 24.5 Å². The Balaban J connectivity index is 1.23. The lowest BCUT2D eigenvalue weighted by atomic mass is 9.67. The number of carbonyl (C=O) groups is 2. The van der Waals surface area contributed by atoms with Gasteiger partial charge in [0.25, 0.3) is 0 Å². The van der Waals surface area contributed by atoms with Gasteiger partial charge in [-0.1, -0.05) is 84.9 Å². The predicted molar refractivity (Wildman–Crippen MR) is 209 cm³/mol. The van der Waals surface area contributed by atoms with Gasteiger partial charge in [-0.2, -0.15) is 25.3 Å². The molecule has 0 unspecified atom stereocenters. The zero-order chi connectivity index (χ0) is 35.2. The van der Waals surface area contributed by atoms with Crippen LogP contribution in [0.25, 0.3) is 32.7 Å². The molecule has 6 nitrogen and oxygen atoms in total. The molecule has 258 valence electrons. The van der Waals surface area contributed by atoms with Crippen molar-refractivity contribution in [3.05, 3.63) is 144 Å². The maximum absolute atomic E-state index is 11.7. The van der Waals surface area contributed by atoms with Crippen molar-refractivity contribution in [3.8, 4) is 22.6 Å². The molecule has 51 heavy (non-hydrogen) atoms. The highest BCUT2D eigenvalue weighted by Crippen LogP contribution is 2.56. The molecule has 6 aromatic rings. The van der Waals surface area contributed by atoms with E-state index in [9.17, 15) is 9.59 Å². The number of ether oxygens (including phenoxy) is 4. The van der Waals surface area contributed by atoms with Gasteiger partial charge < -0.3 is 18.9 Å². The lowest BCUT2D eigenvalue weighted by Gasteiger charge is -2.34. The van der Waals surface area contributed by atoms with Gasteiger partial charge in [0.1, 0.15) is 37.9 Å². The lowest BCUT2D eigenvalue weighted by Crippen LogP contribution is -2.28. The smallest absolute Gasteiger partial charge is 0.306 e. The van der Waals surface area contributed by atoms with Crippen molar-refractivity contribution in [1.82, 2.24) is 0 Å². The minimum atomic E-state index is -0.562. The van der Waals surface area contributed by atoms with Crippen molar-refractivity contribution in [1.29, 1.82) is 0 Å². The summed E-state index contributed by atoms with van der Waals surface area (Å²) in [5, 5.41) is 4.31. The molecular formula is C43H38O6S2. The van der Waals surface area contributed by atoms with Crippen molar-refractivity contribution in [2.45, 2.75) is 18.3 Å². The number of fused-ring (bicyclic) bond motifs is 5. The van der Waals surface area contributed by atoms with E-state index in [0.717, 1.165) is 33.0 Å². The highest BCUT2D eigenvalue weighted by Gasteiger charge is 2.46. The molecule has 1 aliphatic carbocycles. The molecule has 0 fully saturated rings. The first kappa shape index (κ1) is 34.5. The summed E-state index contributed by atoms with van der Waals surface area (Å²) >= 11 is 8.15. The lowest BCUT2D eigenvalue weighted by molar-refractivity contribution is -0.144. The van der Waals surface area contributed by atoms with Gasteiger partial charge in [-0.25, -0.2) is 0 Å². The van der Waals surface area contributed by atoms with E-state index in [-0.39, 0.29) is 51.2 Å². The standard InChI is InChI=1S/C43H38O6S2/c44-41(17-23-50)48-21-19-46-35-15-11-29-25-33(13-9-31(29)27-35)43(39-7-3-1-5-37(39)38-6-2-4-8-40(38)43)34-14-10-32-28-36(16-12-30(32)26-34)47-20-22-49-42(45)18-24-51/h1-16,25-28,50-51H,17-24H2. The Morgan fingerprint density at radius 3 is 1.35 bits per heavy atom. The fourth-order valence-corrected chi connectivity index (χ4v) is 7.44. The Bertz CT molecular complexity index is 2060. The van der Waals surface area contributed by atoms with Crippen LogP contribution < -0.4 is 9.47 Å². The molecule has 0 aliphatic heterocycles. The van der Waals surface area contributed by atoms with E-state index < -0.39 is 5.41 Å². The number of rotatable bonds is 14. The van der Waals surface area contributed by atoms with Crippen LogP contribution in [0.4, 0.5) is 0 Å². The average molecular weight is 715 g/mol. The molecule has 0 spiro atoms. The van der Waals surface area contributed by atoms with Gasteiger partial charge in [0.15, 0.2) is 0 Å². The highest BCUT2D eigenvalue weighted by atomic mass is 32.1. The first-order valence-electron chi connectivity index (χ1n) is 17.1. The number of thiol groups is 2. The molecule has 0 amide bonds. The van der Waals surface area contributed by atoms with Crippen molar-refractivity contribution in [2.75, 3.05) is 37.9 Å². The molecule has 8 heteroatoms.